The highest BCUT2D eigenvalue weighted by atomic mass is 35.5. The van der Waals surface area contributed by atoms with Crippen LogP contribution in [0.4, 0.5) is 10.5 Å². The van der Waals surface area contributed by atoms with Crippen molar-refractivity contribution >= 4 is 29.3 Å². The van der Waals surface area contributed by atoms with E-state index < -0.39 is 6.09 Å². The van der Waals surface area contributed by atoms with Gasteiger partial charge >= 0.3 is 6.09 Å². The standard InChI is InChI=1S/C13H17ClN2O4/c1-9(17)16(7-6-15-13(18)20-3)11-8-10(14)4-5-12(11)19-2/h4-5,8H,6-7H2,1-3H3,(H,15,18). The Labute approximate surface area is 122 Å². The Bertz CT molecular complexity index is 493. The molecule has 0 aliphatic carbocycles. The van der Waals surface area contributed by atoms with Crippen LogP contribution in [0.15, 0.2) is 18.2 Å². The number of nitrogens with one attached hydrogen (secondary N) is 1. The van der Waals surface area contributed by atoms with Crippen LogP contribution in [0.5, 0.6) is 5.75 Å². The highest BCUT2D eigenvalue weighted by molar-refractivity contribution is 6.31. The molecule has 0 aliphatic rings. The number of rotatable bonds is 5. The summed E-state index contributed by atoms with van der Waals surface area (Å²) in [6.45, 7) is 1.96. The molecular formula is C13H17ClN2O4. The predicted octanol–water partition coefficient (Wildman–Crippen LogP) is 2.06. The van der Waals surface area contributed by atoms with Gasteiger partial charge in [0.15, 0.2) is 0 Å². The van der Waals surface area contributed by atoms with Crippen LogP contribution in [0.3, 0.4) is 0 Å². The van der Waals surface area contributed by atoms with Crippen LogP contribution < -0.4 is 15.0 Å². The van der Waals surface area contributed by atoms with Gasteiger partial charge in [-0.3, -0.25) is 4.79 Å². The minimum absolute atomic E-state index is 0.183. The number of amides is 2. The van der Waals surface area contributed by atoms with E-state index in [1.54, 1.807) is 18.2 Å². The first-order valence-electron chi connectivity index (χ1n) is 5.93. The highest BCUT2D eigenvalue weighted by Crippen LogP contribution is 2.31. The predicted molar refractivity (Wildman–Crippen MR) is 76.4 cm³/mol. The van der Waals surface area contributed by atoms with Gasteiger partial charge in [0.25, 0.3) is 0 Å². The van der Waals surface area contributed by atoms with Gasteiger partial charge < -0.3 is 19.7 Å². The maximum Gasteiger partial charge on any atom is 0.406 e. The first-order valence-corrected chi connectivity index (χ1v) is 6.30. The summed E-state index contributed by atoms with van der Waals surface area (Å²) in [5.41, 5.74) is 0.555. The minimum Gasteiger partial charge on any atom is -0.495 e. The lowest BCUT2D eigenvalue weighted by Gasteiger charge is -2.23. The number of carbonyl (C=O) groups excluding carboxylic acids is 2. The maximum atomic E-state index is 11.8. The molecule has 6 nitrogen and oxygen atoms in total. The average molecular weight is 301 g/mol. The largest absolute Gasteiger partial charge is 0.495 e. The molecule has 0 fully saturated rings. The Morgan fingerprint density at radius 1 is 1.35 bits per heavy atom. The van der Waals surface area contributed by atoms with Gasteiger partial charge in [0, 0.05) is 25.0 Å². The summed E-state index contributed by atoms with van der Waals surface area (Å²) in [7, 11) is 2.79. The zero-order valence-electron chi connectivity index (χ0n) is 11.6. The van der Waals surface area contributed by atoms with Crippen molar-refractivity contribution in [3.8, 4) is 5.75 Å². The van der Waals surface area contributed by atoms with Gasteiger partial charge in [-0.2, -0.15) is 0 Å². The van der Waals surface area contributed by atoms with Crippen LogP contribution in [0.2, 0.25) is 5.02 Å². The first-order chi connectivity index (χ1) is 9.49. The molecule has 0 spiro atoms. The Balaban J connectivity index is 2.88. The zero-order chi connectivity index (χ0) is 15.1. The molecule has 1 N–H and O–H groups in total. The monoisotopic (exact) mass is 300 g/mol. The van der Waals surface area contributed by atoms with Gasteiger partial charge in [0.2, 0.25) is 5.91 Å². The first kappa shape index (κ1) is 16.1. The van der Waals surface area contributed by atoms with Crippen molar-refractivity contribution in [2.75, 3.05) is 32.2 Å². The summed E-state index contributed by atoms with van der Waals surface area (Å²) in [5, 5.41) is 3.00. The summed E-state index contributed by atoms with van der Waals surface area (Å²) in [5.74, 6) is 0.347. The lowest BCUT2D eigenvalue weighted by molar-refractivity contribution is -0.116. The average Bonchev–Trinajstić information content (AvgIpc) is 2.42. The minimum atomic E-state index is -0.549. The second kappa shape index (κ2) is 7.59. The Kier molecular flexibility index (Phi) is 6.11. The molecule has 0 saturated carbocycles. The molecule has 1 aromatic rings. The Morgan fingerprint density at radius 2 is 2.05 bits per heavy atom. The van der Waals surface area contributed by atoms with Crippen LogP contribution >= 0.6 is 11.6 Å². The van der Waals surface area contributed by atoms with Gasteiger partial charge in [-0.1, -0.05) is 11.6 Å². The normalized spacial score (nSPS) is 9.80. The molecule has 0 saturated heterocycles. The molecule has 0 radical (unpaired) electrons. The lowest BCUT2D eigenvalue weighted by atomic mass is 10.2. The van der Waals surface area contributed by atoms with Crippen molar-refractivity contribution in [1.29, 1.82) is 0 Å². The number of benzene rings is 1. The summed E-state index contributed by atoms with van der Waals surface area (Å²) in [4.78, 5) is 24.2. The van der Waals surface area contributed by atoms with E-state index >= 15 is 0 Å². The molecular weight excluding hydrogens is 284 g/mol. The third-order valence-corrected chi connectivity index (χ3v) is 2.84. The molecule has 7 heteroatoms. The maximum absolute atomic E-state index is 11.8. The zero-order valence-corrected chi connectivity index (χ0v) is 12.4. The fourth-order valence-electron chi connectivity index (χ4n) is 1.66. The third-order valence-electron chi connectivity index (χ3n) is 2.60. The molecule has 0 unspecified atom stereocenters. The summed E-state index contributed by atoms with van der Waals surface area (Å²) in [6.07, 6.45) is -0.549. The number of carbonyl (C=O) groups is 2. The van der Waals surface area contributed by atoms with Crippen LogP contribution in [-0.4, -0.2) is 39.3 Å². The van der Waals surface area contributed by atoms with Crippen molar-refractivity contribution in [3.63, 3.8) is 0 Å². The van der Waals surface area contributed by atoms with E-state index in [0.717, 1.165) is 0 Å². The van der Waals surface area contributed by atoms with Gasteiger partial charge in [-0.25, -0.2) is 4.79 Å². The number of hydrogen-bond acceptors (Lipinski definition) is 4. The number of alkyl carbamates (subject to hydrolysis) is 1. The number of halogens is 1. The van der Waals surface area contributed by atoms with E-state index in [4.69, 9.17) is 16.3 Å². The van der Waals surface area contributed by atoms with E-state index in [1.807, 2.05) is 0 Å². The second-order valence-electron chi connectivity index (χ2n) is 3.91. The molecule has 0 aromatic heterocycles. The molecule has 1 aromatic carbocycles. The molecule has 0 aliphatic heterocycles. The Hall–Kier alpha value is -1.95. The summed E-state index contributed by atoms with van der Waals surface area (Å²) in [6, 6.07) is 5.00. The number of anilines is 1. The van der Waals surface area contributed by atoms with E-state index in [9.17, 15) is 9.59 Å². The van der Waals surface area contributed by atoms with E-state index in [2.05, 4.69) is 10.1 Å². The van der Waals surface area contributed by atoms with Crippen LogP contribution in [0.1, 0.15) is 6.92 Å². The van der Waals surface area contributed by atoms with Crippen molar-refractivity contribution < 1.29 is 19.1 Å². The molecule has 0 bridgehead atoms. The summed E-state index contributed by atoms with van der Waals surface area (Å²) < 4.78 is 9.68. The van der Waals surface area contributed by atoms with Crippen LogP contribution in [-0.2, 0) is 9.53 Å². The molecule has 0 heterocycles. The molecule has 0 atom stereocenters. The fourth-order valence-corrected chi connectivity index (χ4v) is 1.83. The molecule has 2 amide bonds. The Morgan fingerprint density at radius 3 is 2.60 bits per heavy atom. The molecule has 110 valence electrons. The quantitative estimate of drug-likeness (QED) is 0.904. The van der Waals surface area contributed by atoms with E-state index in [0.29, 0.717) is 16.5 Å². The number of hydrogen-bond donors (Lipinski definition) is 1. The van der Waals surface area contributed by atoms with Gasteiger partial charge in [-0.15, -0.1) is 0 Å². The lowest BCUT2D eigenvalue weighted by Crippen LogP contribution is -2.37. The number of nitrogens with zero attached hydrogens (tertiary/aromatic N) is 1. The van der Waals surface area contributed by atoms with Gasteiger partial charge in [0.05, 0.1) is 19.9 Å². The second-order valence-corrected chi connectivity index (χ2v) is 4.34. The summed E-state index contributed by atoms with van der Waals surface area (Å²) >= 11 is 5.95. The van der Waals surface area contributed by atoms with E-state index in [1.165, 1.54) is 26.0 Å². The van der Waals surface area contributed by atoms with Crippen LogP contribution in [0, 0.1) is 0 Å². The SMILES string of the molecule is COC(=O)NCCN(C(C)=O)c1cc(Cl)ccc1OC. The van der Waals surface area contributed by atoms with Gasteiger partial charge in [0.1, 0.15) is 5.75 Å². The topological polar surface area (TPSA) is 67.9 Å². The highest BCUT2D eigenvalue weighted by Gasteiger charge is 2.16. The third kappa shape index (κ3) is 4.31. The van der Waals surface area contributed by atoms with Crippen LogP contribution in [0.25, 0.3) is 0 Å². The van der Waals surface area contributed by atoms with Crippen molar-refractivity contribution in [3.05, 3.63) is 23.2 Å². The smallest absolute Gasteiger partial charge is 0.406 e. The number of methoxy groups -OCH3 is 2. The number of ether oxygens (including phenoxy) is 2. The van der Waals surface area contributed by atoms with Gasteiger partial charge in [-0.05, 0) is 18.2 Å². The molecule has 20 heavy (non-hydrogen) atoms. The van der Waals surface area contributed by atoms with Crippen molar-refractivity contribution in [1.82, 2.24) is 5.32 Å². The van der Waals surface area contributed by atoms with Crippen molar-refractivity contribution in [2.45, 2.75) is 6.92 Å². The molecule has 1 rings (SSSR count). The fraction of sp³-hybridized carbons (Fsp3) is 0.385. The van der Waals surface area contributed by atoms with E-state index in [-0.39, 0.29) is 19.0 Å². The van der Waals surface area contributed by atoms with Crippen molar-refractivity contribution in [2.24, 2.45) is 0 Å².